The SMILES string of the molecule is Ic1cccc2cccc(-c3ccc(-c4ccc5[nH]c6ccccc6c5c4)cc3)c12.OB(O)c1ccc(-c2ccncc2)cc1.[2HH].c1cc(-c2ccc(-c3ccncc3)cc2)c2c(-c3ccc(-c4ccc5[nH]c6ccccc6c5c4)cc3)cccc2c1. The van der Waals surface area contributed by atoms with E-state index in [0.717, 1.165) is 11.1 Å². The van der Waals surface area contributed by atoms with Crippen molar-refractivity contribution in [2.45, 2.75) is 0 Å². The lowest BCUT2D eigenvalue weighted by Crippen LogP contribution is -2.29. The molecular formula is C78H56BIN4O2. The fourth-order valence-electron chi connectivity index (χ4n) is 11.9. The van der Waals surface area contributed by atoms with Crippen molar-refractivity contribution in [3.63, 3.8) is 0 Å². The van der Waals surface area contributed by atoms with Gasteiger partial charge >= 0.3 is 7.12 Å². The van der Waals surface area contributed by atoms with Crippen LogP contribution in [0.25, 0.3) is 143 Å². The second kappa shape index (κ2) is 23.8. The minimum atomic E-state index is -1.41. The van der Waals surface area contributed by atoms with Gasteiger partial charge in [0.1, 0.15) is 0 Å². The van der Waals surface area contributed by atoms with E-state index in [4.69, 9.17) is 10.0 Å². The fraction of sp³-hybridized carbons (Fsp3) is 0. The molecule has 0 bridgehead atoms. The molecule has 0 atom stereocenters. The summed E-state index contributed by atoms with van der Waals surface area (Å²) in [5.74, 6) is 0. The number of nitrogens with zero attached hydrogens (tertiary/aromatic N) is 2. The van der Waals surface area contributed by atoms with Gasteiger partial charge in [0.2, 0.25) is 0 Å². The third-order valence-electron chi connectivity index (χ3n) is 16.3. The van der Waals surface area contributed by atoms with E-state index in [0.29, 0.717) is 5.46 Å². The Labute approximate surface area is 513 Å². The van der Waals surface area contributed by atoms with Crippen LogP contribution in [-0.2, 0) is 0 Å². The van der Waals surface area contributed by atoms with E-state index >= 15 is 0 Å². The van der Waals surface area contributed by atoms with Crippen LogP contribution in [-0.4, -0.2) is 37.1 Å². The van der Waals surface area contributed by atoms with Crippen LogP contribution in [0.5, 0.6) is 0 Å². The normalized spacial score (nSPS) is 11.2. The lowest BCUT2D eigenvalue weighted by atomic mass is 9.80. The Kier molecular flexibility index (Phi) is 14.9. The monoisotopic (exact) mass is 1220 g/mol. The van der Waals surface area contributed by atoms with E-state index in [1.807, 2.05) is 48.8 Å². The summed E-state index contributed by atoms with van der Waals surface area (Å²) in [6, 6.07) is 98.4. The highest BCUT2D eigenvalue weighted by atomic mass is 127. The second-order valence-electron chi connectivity index (χ2n) is 21.4. The van der Waals surface area contributed by atoms with Crippen molar-refractivity contribution < 1.29 is 11.5 Å². The van der Waals surface area contributed by atoms with E-state index in [-0.39, 0.29) is 1.43 Å². The number of hydrogen-bond acceptors (Lipinski definition) is 4. The Morgan fingerprint density at radius 3 is 1.05 bits per heavy atom. The van der Waals surface area contributed by atoms with Crippen molar-refractivity contribution in [3.8, 4) is 77.9 Å². The Bertz CT molecular complexity index is 5060. The zero-order chi connectivity index (χ0) is 57.9. The Hall–Kier alpha value is -10.2. The van der Waals surface area contributed by atoms with Crippen LogP contribution in [0, 0.1) is 3.57 Å². The highest BCUT2D eigenvalue weighted by Gasteiger charge is 2.15. The van der Waals surface area contributed by atoms with E-state index in [9.17, 15) is 0 Å². The number of para-hydroxylation sites is 2. The molecule has 16 aromatic rings. The number of pyridine rings is 2. The number of halogens is 1. The molecule has 0 saturated carbocycles. The first-order chi connectivity index (χ1) is 42.4. The molecule has 0 aliphatic heterocycles. The number of H-pyrrole nitrogens is 2. The Balaban J connectivity index is 0.000000133. The average Bonchev–Trinajstić information content (AvgIpc) is 3.35. The maximum Gasteiger partial charge on any atom is 0.488 e. The summed E-state index contributed by atoms with van der Waals surface area (Å²) >= 11 is 2.44. The van der Waals surface area contributed by atoms with Crippen LogP contribution in [0.15, 0.2) is 304 Å². The molecule has 6 nitrogen and oxygen atoms in total. The smallest absolute Gasteiger partial charge is 0.423 e. The lowest BCUT2D eigenvalue weighted by molar-refractivity contribution is 0.426. The topological polar surface area (TPSA) is 97.8 Å². The van der Waals surface area contributed by atoms with Gasteiger partial charge in [0, 0.05) is 78.8 Å². The van der Waals surface area contributed by atoms with E-state index in [1.165, 1.54) is 135 Å². The maximum atomic E-state index is 8.93. The van der Waals surface area contributed by atoms with Gasteiger partial charge in [-0.1, -0.05) is 212 Å². The summed E-state index contributed by atoms with van der Waals surface area (Å²) in [7, 11) is -1.41. The third-order valence-corrected chi connectivity index (χ3v) is 17.2. The van der Waals surface area contributed by atoms with Crippen LogP contribution in [0.1, 0.15) is 1.43 Å². The van der Waals surface area contributed by atoms with E-state index < -0.39 is 7.12 Å². The minimum absolute atomic E-state index is 0. The van der Waals surface area contributed by atoms with Gasteiger partial charge in [0.15, 0.2) is 0 Å². The van der Waals surface area contributed by atoms with Gasteiger partial charge in [-0.25, -0.2) is 0 Å². The van der Waals surface area contributed by atoms with Gasteiger partial charge < -0.3 is 20.0 Å². The van der Waals surface area contributed by atoms with Crippen LogP contribution in [0.3, 0.4) is 0 Å². The van der Waals surface area contributed by atoms with Crippen LogP contribution >= 0.6 is 22.6 Å². The molecule has 0 amide bonds. The van der Waals surface area contributed by atoms with E-state index in [1.54, 1.807) is 24.5 Å². The number of aromatic amines is 2. The summed E-state index contributed by atoms with van der Waals surface area (Å²) in [5.41, 5.74) is 22.0. The zero-order valence-electron chi connectivity index (χ0n) is 46.6. The van der Waals surface area contributed by atoms with Crippen molar-refractivity contribution in [3.05, 3.63) is 307 Å². The second-order valence-corrected chi connectivity index (χ2v) is 22.6. The molecule has 8 heteroatoms. The Morgan fingerprint density at radius 2 is 0.616 bits per heavy atom. The molecule has 4 aromatic heterocycles. The standard InChI is InChI=1S/C39H26N2.C28H18IN.C11H10BNO2.H2/c1-2-10-37-35(7-1)36-25-32(19-20-38(36)41-37)27-13-17-30(18-14-27)34-9-4-6-31-5-3-8-33(39(31)34)29-15-11-26(12-16-29)28-21-23-40-24-22-28;29-25-9-4-6-20-5-3-8-22(28(20)25)19-13-11-18(12-14-19)21-15-16-27-24(17-21)23-7-1-2-10-26(23)30-27;14-12(15)11-3-1-9(2-4-11)10-5-7-13-8-6-10;/h1-25,41H;1-17,30H;1-8,14-15H;1H/i;;;1+1. The fourth-order valence-corrected chi connectivity index (χ4v) is 12.7. The third kappa shape index (κ3) is 10.8. The molecule has 0 aliphatic carbocycles. The van der Waals surface area contributed by atoms with Gasteiger partial charge in [-0.05, 0) is 189 Å². The number of benzene rings is 12. The van der Waals surface area contributed by atoms with E-state index in [2.05, 4.69) is 273 Å². The van der Waals surface area contributed by atoms with Crippen LogP contribution < -0.4 is 5.46 Å². The van der Waals surface area contributed by atoms with Gasteiger partial charge in [-0.15, -0.1) is 0 Å². The number of rotatable bonds is 8. The maximum absolute atomic E-state index is 8.93. The Morgan fingerprint density at radius 1 is 0.291 bits per heavy atom. The molecule has 0 aliphatic rings. The first kappa shape index (κ1) is 53.8. The summed E-state index contributed by atoms with van der Waals surface area (Å²) < 4.78 is 1.29. The van der Waals surface area contributed by atoms with Gasteiger partial charge in [0.05, 0.1) is 0 Å². The minimum Gasteiger partial charge on any atom is -0.423 e. The molecule has 0 unspecified atom stereocenters. The zero-order valence-corrected chi connectivity index (χ0v) is 48.8. The summed E-state index contributed by atoms with van der Waals surface area (Å²) in [6.07, 6.45) is 7.13. The molecule has 4 heterocycles. The molecule has 12 aromatic carbocycles. The van der Waals surface area contributed by atoms with Crippen LogP contribution in [0.4, 0.5) is 0 Å². The van der Waals surface area contributed by atoms with Crippen LogP contribution in [0.2, 0.25) is 0 Å². The summed E-state index contributed by atoms with van der Waals surface area (Å²) in [6.45, 7) is 0. The van der Waals surface area contributed by atoms with Crippen molar-refractivity contribution in [2.75, 3.05) is 0 Å². The number of fused-ring (bicyclic) bond motifs is 8. The number of hydrogen-bond donors (Lipinski definition) is 4. The lowest BCUT2D eigenvalue weighted by Gasteiger charge is -2.14. The molecule has 0 fully saturated rings. The molecule has 4 N–H and O–H groups in total. The highest BCUT2D eigenvalue weighted by molar-refractivity contribution is 14.1. The molecule has 16 rings (SSSR count). The summed E-state index contributed by atoms with van der Waals surface area (Å²) in [5, 5.41) is 28.1. The summed E-state index contributed by atoms with van der Waals surface area (Å²) in [4.78, 5) is 15.1. The first-order valence-electron chi connectivity index (χ1n) is 28.7. The molecule has 0 radical (unpaired) electrons. The van der Waals surface area contributed by atoms with Gasteiger partial charge in [-0.2, -0.15) is 0 Å². The first-order valence-corrected chi connectivity index (χ1v) is 29.7. The molecular weight excluding hydrogens is 1160 g/mol. The van der Waals surface area contributed by atoms with Gasteiger partial charge in [0.25, 0.3) is 0 Å². The number of nitrogens with one attached hydrogen (secondary N) is 2. The van der Waals surface area contributed by atoms with Crippen molar-refractivity contribution in [2.24, 2.45) is 0 Å². The van der Waals surface area contributed by atoms with Gasteiger partial charge in [-0.3, -0.25) is 9.97 Å². The molecule has 0 spiro atoms. The average molecular weight is 1220 g/mol. The van der Waals surface area contributed by atoms with Crippen molar-refractivity contribution in [1.82, 2.24) is 19.9 Å². The molecule has 410 valence electrons. The highest BCUT2D eigenvalue weighted by Crippen LogP contribution is 2.40. The molecule has 0 saturated heterocycles. The predicted molar refractivity (Wildman–Crippen MR) is 371 cm³/mol. The van der Waals surface area contributed by atoms with Crippen molar-refractivity contribution in [1.29, 1.82) is 0 Å². The molecule has 86 heavy (non-hydrogen) atoms. The predicted octanol–water partition coefficient (Wildman–Crippen LogP) is 19.6. The van der Waals surface area contributed by atoms with Crippen molar-refractivity contribution >= 4 is 100 Å². The quantitative estimate of drug-likeness (QED) is 0.0900. The number of aromatic nitrogens is 4. The largest absolute Gasteiger partial charge is 0.488 e.